The van der Waals surface area contributed by atoms with Gasteiger partial charge in [-0.2, -0.15) is 0 Å². The molecule has 3 rings (SSSR count). The summed E-state index contributed by atoms with van der Waals surface area (Å²) in [7, 11) is -2.95. The van der Waals surface area contributed by atoms with Crippen molar-refractivity contribution in [2.75, 3.05) is 18.1 Å². The average molecular weight is 337 g/mol. The van der Waals surface area contributed by atoms with Gasteiger partial charge in [0.15, 0.2) is 15.6 Å². The van der Waals surface area contributed by atoms with Crippen LogP contribution >= 0.6 is 0 Å². The van der Waals surface area contributed by atoms with Crippen LogP contribution in [-0.2, 0) is 9.84 Å². The molecule has 0 spiro atoms. The SMILES string of the molecule is O=C(NC[C@H]1CCS(=O)(=O)C1)c1ccc(-c2ccc(F)cc2)o1. The number of benzene rings is 1. The molecule has 122 valence electrons. The van der Waals surface area contributed by atoms with Crippen LogP contribution in [0, 0.1) is 11.7 Å². The minimum absolute atomic E-state index is 0.0459. The topological polar surface area (TPSA) is 76.4 Å². The number of carbonyl (C=O) groups excluding carboxylic acids is 1. The van der Waals surface area contributed by atoms with Crippen molar-refractivity contribution in [1.82, 2.24) is 5.32 Å². The van der Waals surface area contributed by atoms with E-state index in [2.05, 4.69) is 5.32 Å². The molecule has 1 aliphatic heterocycles. The largest absolute Gasteiger partial charge is 0.451 e. The normalized spacial score (nSPS) is 19.6. The number of rotatable bonds is 4. The van der Waals surface area contributed by atoms with Crippen LogP contribution in [0.4, 0.5) is 4.39 Å². The lowest BCUT2D eigenvalue weighted by atomic mass is 10.1. The summed E-state index contributed by atoms with van der Waals surface area (Å²) < 4.78 is 41.1. The average Bonchev–Trinajstić information content (AvgIpc) is 3.12. The Labute approximate surface area is 133 Å². The molecule has 1 amide bonds. The Morgan fingerprint density at radius 2 is 1.96 bits per heavy atom. The van der Waals surface area contributed by atoms with Gasteiger partial charge in [-0.05, 0) is 48.7 Å². The summed E-state index contributed by atoms with van der Waals surface area (Å²) in [4.78, 5) is 12.0. The molecule has 7 heteroatoms. The molecule has 2 heterocycles. The van der Waals surface area contributed by atoms with E-state index in [-0.39, 0.29) is 34.9 Å². The van der Waals surface area contributed by atoms with Gasteiger partial charge >= 0.3 is 0 Å². The van der Waals surface area contributed by atoms with Crippen LogP contribution in [0.2, 0.25) is 0 Å². The fourth-order valence-corrected chi connectivity index (χ4v) is 4.45. The second-order valence-corrected chi connectivity index (χ2v) is 7.88. The maximum Gasteiger partial charge on any atom is 0.287 e. The van der Waals surface area contributed by atoms with Crippen molar-refractivity contribution in [3.05, 3.63) is 48.0 Å². The van der Waals surface area contributed by atoms with Crippen molar-refractivity contribution in [2.24, 2.45) is 5.92 Å². The molecule has 0 saturated carbocycles. The Bertz CT molecular complexity index is 811. The lowest BCUT2D eigenvalue weighted by Crippen LogP contribution is -2.29. The zero-order valence-corrected chi connectivity index (χ0v) is 13.1. The van der Waals surface area contributed by atoms with E-state index >= 15 is 0 Å². The van der Waals surface area contributed by atoms with E-state index < -0.39 is 9.84 Å². The van der Waals surface area contributed by atoms with Crippen LogP contribution in [0.5, 0.6) is 0 Å². The highest BCUT2D eigenvalue weighted by Crippen LogP contribution is 2.22. The highest BCUT2D eigenvalue weighted by Gasteiger charge is 2.28. The summed E-state index contributed by atoms with van der Waals surface area (Å²) >= 11 is 0. The summed E-state index contributed by atoms with van der Waals surface area (Å²) in [6.45, 7) is 0.310. The van der Waals surface area contributed by atoms with Crippen LogP contribution < -0.4 is 5.32 Å². The van der Waals surface area contributed by atoms with Crippen LogP contribution in [0.15, 0.2) is 40.8 Å². The fraction of sp³-hybridized carbons (Fsp3) is 0.312. The number of hydrogen-bond donors (Lipinski definition) is 1. The highest BCUT2D eigenvalue weighted by molar-refractivity contribution is 7.91. The standard InChI is InChI=1S/C16H16FNO4S/c17-13-3-1-12(2-4-13)14-5-6-15(22-14)16(19)18-9-11-7-8-23(20,21)10-11/h1-6,11H,7-10H2,(H,18,19)/t11-/m1/s1. The first-order chi connectivity index (χ1) is 10.9. The number of carbonyl (C=O) groups is 1. The summed E-state index contributed by atoms with van der Waals surface area (Å²) in [5.41, 5.74) is 0.673. The molecule has 1 N–H and O–H groups in total. The molecule has 1 aromatic heterocycles. The van der Waals surface area contributed by atoms with Crippen molar-refractivity contribution in [2.45, 2.75) is 6.42 Å². The first-order valence-electron chi connectivity index (χ1n) is 7.27. The van der Waals surface area contributed by atoms with Gasteiger partial charge in [-0.25, -0.2) is 12.8 Å². The van der Waals surface area contributed by atoms with E-state index in [0.29, 0.717) is 24.3 Å². The van der Waals surface area contributed by atoms with E-state index in [1.807, 2.05) is 0 Å². The molecular weight excluding hydrogens is 321 g/mol. The lowest BCUT2D eigenvalue weighted by Gasteiger charge is -2.08. The summed E-state index contributed by atoms with van der Waals surface area (Å²) in [5.74, 6) is 0.140. The summed E-state index contributed by atoms with van der Waals surface area (Å²) in [6.07, 6.45) is 0.571. The predicted octanol–water partition coefficient (Wildman–Crippen LogP) is 2.25. The van der Waals surface area contributed by atoms with Gasteiger partial charge in [0.1, 0.15) is 11.6 Å². The molecule has 1 saturated heterocycles. The number of amides is 1. The number of halogens is 1. The van der Waals surface area contributed by atoms with Gasteiger partial charge < -0.3 is 9.73 Å². The molecule has 1 aliphatic rings. The van der Waals surface area contributed by atoms with Crippen LogP contribution in [0.3, 0.4) is 0 Å². The van der Waals surface area contributed by atoms with E-state index in [9.17, 15) is 17.6 Å². The molecule has 0 bridgehead atoms. The first-order valence-corrected chi connectivity index (χ1v) is 9.09. The number of hydrogen-bond acceptors (Lipinski definition) is 4. The van der Waals surface area contributed by atoms with Gasteiger partial charge in [-0.3, -0.25) is 4.79 Å². The van der Waals surface area contributed by atoms with Crippen molar-refractivity contribution < 1.29 is 22.0 Å². The minimum atomic E-state index is -2.95. The molecule has 1 fully saturated rings. The molecular formula is C16H16FNO4S. The lowest BCUT2D eigenvalue weighted by molar-refractivity contribution is 0.0921. The minimum Gasteiger partial charge on any atom is -0.451 e. The molecule has 0 radical (unpaired) electrons. The van der Waals surface area contributed by atoms with Gasteiger partial charge in [0.2, 0.25) is 0 Å². The van der Waals surface area contributed by atoms with Crippen molar-refractivity contribution in [3.63, 3.8) is 0 Å². The smallest absolute Gasteiger partial charge is 0.287 e. The Balaban J connectivity index is 1.61. The highest BCUT2D eigenvalue weighted by atomic mass is 32.2. The van der Waals surface area contributed by atoms with Crippen LogP contribution in [0.25, 0.3) is 11.3 Å². The second-order valence-electron chi connectivity index (χ2n) is 5.65. The van der Waals surface area contributed by atoms with E-state index in [4.69, 9.17) is 4.42 Å². The number of nitrogens with one attached hydrogen (secondary N) is 1. The van der Waals surface area contributed by atoms with Gasteiger partial charge in [-0.15, -0.1) is 0 Å². The molecule has 23 heavy (non-hydrogen) atoms. The van der Waals surface area contributed by atoms with Crippen molar-refractivity contribution in [3.8, 4) is 11.3 Å². The Morgan fingerprint density at radius 1 is 1.22 bits per heavy atom. The van der Waals surface area contributed by atoms with Gasteiger partial charge in [0.25, 0.3) is 5.91 Å². The van der Waals surface area contributed by atoms with Crippen LogP contribution in [-0.4, -0.2) is 32.4 Å². The summed E-state index contributed by atoms with van der Waals surface area (Å²) in [6, 6.07) is 8.95. The first kappa shape index (κ1) is 15.7. The van der Waals surface area contributed by atoms with Crippen LogP contribution in [0.1, 0.15) is 17.0 Å². The van der Waals surface area contributed by atoms with Gasteiger partial charge in [-0.1, -0.05) is 0 Å². The third-order valence-electron chi connectivity index (χ3n) is 3.84. The zero-order chi connectivity index (χ0) is 16.4. The van der Waals surface area contributed by atoms with Crippen molar-refractivity contribution in [1.29, 1.82) is 0 Å². The molecule has 1 atom stereocenters. The Kier molecular flexibility index (Phi) is 4.21. The maximum absolute atomic E-state index is 12.9. The van der Waals surface area contributed by atoms with E-state index in [1.54, 1.807) is 24.3 Å². The Hall–Kier alpha value is -2.15. The zero-order valence-electron chi connectivity index (χ0n) is 12.3. The number of sulfone groups is 1. The summed E-state index contributed by atoms with van der Waals surface area (Å²) in [5, 5.41) is 2.70. The maximum atomic E-state index is 12.9. The molecule has 0 unspecified atom stereocenters. The monoisotopic (exact) mass is 337 g/mol. The third-order valence-corrected chi connectivity index (χ3v) is 5.67. The predicted molar refractivity (Wildman–Crippen MR) is 83.2 cm³/mol. The second kappa shape index (κ2) is 6.16. The molecule has 2 aromatic rings. The van der Waals surface area contributed by atoms with Gasteiger partial charge in [0.05, 0.1) is 11.5 Å². The fourth-order valence-electron chi connectivity index (χ4n) is 2.59. The van der Waals surface area contributed by atoms with Gasteiger partial charge in [0, 0.05) is 12.1 Å². The molecule has 5 nitrogen and oxygen atoms in total. The van der Waals surface area contributed by atoms with E-state index in [0.717, 1.165) is 0 Å². The quantitative estimate of drug-likeness (QED) is 0.928. The molecule has 1 aromatic carbocycles. The van der Waals surface area contributed by atoms with Crippen molar-refractivity contribution >= 4 is 15.7 Å². The molecule has 0 aliphatic carbocycles. The number of furan rings is 1. The Morgan fingerprint density at radius 3 is 2.61 bits per heavy atom. The van der Waals surface area contributed by atoms with E-state index in [1.165, 1.54) is 12.1 Å². The third kappa shape index (κ3) is 3.79.